The molecule has 114 valence electrons. The van der Waals surface area contributed by atoms with Crippen LogP contribution < -0.4 is 0 Å². The summed E-state index contributed by atoms with van der Waals surface area (Å²) in [5.74, 6) is -0.310. The van der Waals surface area contributed by atoms with Crippen molar-refractivity contribution in [3.8, 4) is 0 Å². The second-order valence-corrected chi connectivity index (χ2v) is 6.00. The summed E-state index contributed by atoms with van der Waals surface area (Å²) >= 11 is 0. The van der Waals surface area contributed by atoms with Gasteiger partial charge in [0.1, 0.15) is 23.4 Å². The van der Waals surface area contributed by atoms with E-state index >= 15 is 0 Å². The zero-order valence-electron chi connectivity index (χ0n) is 12.4. The molecule has 1 aromatic heterocycles. The Morgan fingerprint density at radius 1 is 1.13 bits per heavy atom. The molecule has 23 heavy (non-hydrogen) atoms. The molecule has 1 atom stereocenters. The van der Waals surface area contributed by atoms with E-state index in [-0.39, 0.29) is 23.9 Å². The normalized spacial score (nSPS) is 18.7. The van der Waals surface area contributed by atoms with Gasteiger partial charge in [-0.2, -0.15) is 0 Å². The van der Waals surface area contributed by atoms with Gasteiger partial charge in [0.05, 0.1) is 12.7 Å². The third-order valence-electron chi connectivity index (χ3n) is 4.59. The molecule has 4 heteroatoms. The number of Topliss-reactive ketones (excluding diaryl/α,β-unsaturated/α-hetero) is 2. The monoisotopic (exact) mass is 306 g/mol. The van der Waals surface area contributed by atoms with E-state index in [1.54, 1.807) is 12.3 Å². The van der Waals surface area contributed by atoms with Gasteiger partial charge in [0, 0.05) is 28.9 Å². The fourth-order valence-electron chi connectivity index (χ4n) is 3.44. The van der Waals surface area contributed by atoms with E-state index in [0.717, 1.165) is 33.6 Å². The first-order chi connectivity index (χ1) is 11.2. The minimum Gasteiger partial charge on any atom is -0.464 e. The highest BCUT2D eigenvalue weighted by Crippen LogP contribution is 2.38. The summed E-state index contributed by atoms with van der Waals surface area (Å²) in [5.41, 5.74) is 2.18. The Morgan fingerprint density at radius 2 is 2.00 bits per heavy atom. The first-order valence-corrected chi connectivity index (χ1v) is 7.61. The summed E-state index contributed by atoms with van der Waals surface area (Å²) in [6.45, 7) is 0. The summed E-state index contributed by atoms with van der Waals surface area (Å²) in [6.07, 6.45) is 3.43. The van der Waals surface area contributed by atoms with Crippen LogP contribution in [0.3, 0.4) is 0 Å². The second-order valence-electron chi connectivity index (χ2n) is 6.00. The minimum atomic E-state index is -0.287. The number of ketones is 2. The fraction of sp³-hybridized carbons (Fsp3) is 0.211. The molecule has 1 aliphatic rings. The van der Waals surface area contributed by atoms with Gasteiger partial charge in [-0.25, -0.2) is 0 Å². The summed E-state index contributed by atoms with van der Waals surface area (Å²) < 4.78 is 5.64. The number of aldehydes is 1. The number of rotatable bonds is 2. The molecule has 3 aromatic rings. The highest BCUT2D eigenvalue weighted by molar-refractivity contribution is 6.12. The average molecular weight is 306 g/mol. The number of hydrogen-bond acceptors (Lipinski definition) is 4. The average Bonchev–Trinajstić information content (AvgIpc) is 2.98. The van der Waals surface area contributed by atoms with Gasteiger partial charge < -0.3 is 4.42 Å². The van der Waals surface area contributed by atoms with E-state index in [1.165, 1.54) is 0 Å². The first-order valence-electron chi connectivity index (χ1n) is 7.61. The SMILES string of the molecule is O=Cc1ccc2c(ccc3occ(C4CCC(=O)CC4=O)c32)c1. The Bertz CT molecular complexity index is 964. The van der Waals surface area contributed by atoms with Crippen LogP contribution in [-0.2, 0) is 9.59 Å². The molecule has 2 aromatic carbocycles. The number of fused-ring (bicyclic) bond motifs is 3. The van der Waals surface area contributed by atoms with Gasteiger partial charge in [0.25, 0.3) is 0 Å². The highest BCUT2D eigenvalue weighted by Gasteiger charge is 2.31. The Labute approximate surface area is 132 Å². The van der Waals surface area contributed by atoms with E-state index in [2.05, 4.69) is 0 Å². The summed E-state index contributed by atoms with van der Waals surface area (Å²) in [4.78, 5) is 34.7. The molecule has 0 bridgehead atoms. The number of furan rings is 1. The van der Waals surface area contributed by atoms with E-state index in [4.69, 9.17) is 4.42 Å². The molecule has 0 spiro atoms. The van der Waals surface area contributed by atoms with Crippen molar-refractivity contribution in [2.45, 2.75) is 25.2 Å². The molecule has 1 saturated carbocycles. The van der Waals surface area contributed by atoms with Crippen molar-refractivity contribution >= 4 is 39.6 Å². The van der Waals surface area contributed by atoms with Gasteiger partial charge in [0.2, 0.25) is 0 Å². The number of carbonyl (C=O) groups is 3. The fourth-order valence-corrected chi connectivity index (χ4v) is 3.44. The van der Waals surface area contributed by atoms with Crippen LogP contribution in [0.5, 0.6) is 0 Å². The van der Waals surface area contributed by atoms with Crippen LogP contribution in [0.1, 0.15) is 41.1 Å². The van der Waals surface area contributed by atoms with Crippen LogP contribution in [0.25, 0.3) is 21.7 Å². The van der Waals surface area contributed by atoms with E-state index in [0.29, 0.717) is 18.4 Å². The van der Waals surface area contributed by atoms with Crippen molar-refractivity contribution in [1.29, 1.82) is 0 Å². The van der Waals surface area contributed by atoms with Gasteiger partial charge >= 0.3 is 0 Å². The molecule has 4 rings (SSSR count). The molecule has 0 radical (unpaired) electrons. The standard InChI is InChI=1S/C19H14O4/c20-9-11-1-4-14-12(7-11)2-6-18-19(14)16(10-23-18)15-5-3-13(21)8-17(15)22/h1-2,4,6-7,9-10,15H,3,5,8H2. The molecule has 0 amide bonds. The molecule has 0 saturated heterocycles. The van der Waals surface area contributed by atoms with Gasteiger partial charge in [-0.15, -0.1) is 0 Å². The van der Waals surface area contributed by atoms with Crippen molar-refractivity contribution in [2.24, 2.45) is 0 Å². The molecule has 1 unspecified atom stereocenters. The summed E-state index contributed by atoms with van der Waals surface area (Å²) in [5, 5.41) is 2.80. The lowest BCUT2D eigenvalue weighted by atomic mass is 9.81. The van der Waals surface area contributed by atoms with Crippen molar-refractivity contribution in [3.63, 3.8) is 0 Å². The number of carbonyl (C=O) groups excluding carboxylic acids is 3. The Balaban J connectivity index is 1.94. The Kier molecular flexibility index (Phi) is 3.11. The maximum atomic E-state index is 12.3. The largest absolute Gasteiger partial charge is 0.464 e. The van der Waals surface area contributed by atoms with E-state index in [1.807, 2.05) is 24.3 Å². The molecule has 0 aliphatic heterocycles. The second kappa shape index (κ2) is 5.16. The lowest BCUT2D eigenvalue weighted by molar-refractivity contribution is -0.130. The van der Waals surface area contributed by atoms with Crippen molar-refractivity contribution in [2.75, 3.05) is 0 Å². The smallest absolute Gasteiger partial charge is 0.150 e. The highest BCUT2D eigenvalue weighted by atomic mass is 16.3. The van der Waals surface area contributed by atoms with Crippen LogP contribution >= 0.6 is 0 Å². The third kappa shape index (κ3) is 2.18. The predicted molar refractivity (Wildman–Crippen MR) is 85.7 cm³/mol. The lowest BCUT2D eigenvalue weighted by Gasteiger charge is -2.19. The zero-order chi connectivity index (χ0) is 16.0. The van der Waals surface area contributed by atoms with Crippen molar-refractivity contribution < 1.29 is 18.8 Å². The number of hydrogen-bond donors (Lipinski definition) is 0. The van der Waals surface area contributed by atoms with Gasteiger partial charge in [0.15, 0.2) is 0 Å². The van der Waals surface area contributed by atoms with E-state index in [9.17, 15) is 14.4 Å². The predicted octanol–water partition coefficient (Wildman–Crippen LogP) is 3.80. The maximum Gasteiger partial charge on any atom is 0.150 e. The molecule has 1 heterocycles. The number of benzene rings is 2. The van der Waals surface area contributed by atoms with Crippen LogP contribution in [0.2, 0.25) is 0 Å². The molecular weight excluding hydrogens is 292 g/mol. The van der Waals surface area contributed by atoms with Crippen molar-refractivity contribution in [3.05, 3.63) is 47.7 Å². The molecule has 1 aliphatic carbocycles. The maximum absolute atomic E-state index is 12.3. The van der Waals surface area contributed by atoms with Crippen LogP contribution in [0.15, 0.2) is 41.0 Å². The Morgan fingerprint density at radius 3 is 2.78 bits per heavy atom. The van der Waals surface area contributed by atoms with E-state index < -0.39 is 0 Å². The topological polar surface area (TPSA) is 64.3 Å². The van der Waals surface area contributed by atoms with Crippen LogP contribution in [-0.4, -0.2) is 17.9 Å². The molecule has 1 fully saturated rings. The molecule has 4 nitrogen and oxygen atoms in total. The molecule has 0 N–H and O–H groups in total. The quantitative estimate of drug-likeness (QED) is 0.533. The van der Waals surface area contributed by atoms with Gasteiger partial charge in [-0.1, -0.05) is 18.2 Å². The Hall–Kier alpha value is -2.75. The first kappa shape index (κ1) is 13.9. The molecular formula is C19H14O4. The van der Waals surface area contributed by atoms with Crippen molar-refractivity contribution in [1.82, 2.24) is 0 Å². The third-order valence-corrected chi connectivity index (χ3v) is 4.59. The van der Waals surface area contributed by atoms with Gasteiger partial charge in [-0.3, -0.25) is 14.4 Å². The lowest BCUT2D eigenvalue weighted by Crippen LogP contribution is -2.22. The summed E-state index contributed by atoms with van der Waals surface area (Å²) in [7, 11) is 0. The van der Waals surface area contributed by atoms with Gasteiger partial charge in [-0.05, 0) is 29.3 Å². The van der Waals surface area contributed by atoms with Crippen LogP contribution in [0.4, 0.5) is 0 Å². The van der Waals surface area contributed by atoms with Crippen LogP contribution in [0, 0.1) is 0 Å². The zero-order valence-corrected chi connectivity index (χ0v) is 12.4. The summed E-state index contributed by atoms with van der Waals surface area (Å²) in [6, 6.07) is 9.24. The minimum absolute atomic E-state index is 0.0113.